The van der Waals surface area contributed by atoms with Crippen LogP contribution in [0.15, 0.2) is 11.6 Å². The zero-order valence-electron chi connectivity index (χ0n) is 10.5. The molecule has 2 saturated carbocycles. The summed E-state index contributed by atoms with van der Waals surface area (Å²) < 4.78 is 5.80. The highest BCUT2D eigenvalue weighted by molar-refractivity contribution is 5.77. The Morgan fingerprint density at radius 2 is 2.18 bits per heavy atom. The van der Waals surface area contributed by atoms with Gasteiger partial charge in [0, 0.05) is 5.92 Å². The molecule has 0 aromatic rings. The van der Waals surface area contributed by atoms with Crippen LogP contribution >= 0.6 is 0 Å². The van der Waals surface area contributed by atoms with Crippen molar-refractivity contribution >= 4 is 5.97 Å². The minimum atomic E-state index is -0.146. The molecule has 0 amide bonds. The third kappa shape index (κ3) is 1.14. The Labute approximate surface area is 102 Å². The minimum absolute atomic E-state index is 0.104. The fourth-order valence-electron chi connectivity index (χ4n) is 4.91. The van der Waals surface area contributed by atoms with Gasteiger partial charge in [-0.25, -0.2) is 0 Å². The Kier molecular flexibility index (Phi) is 1.77. The number of esters is 1. The van der Waals surface area contributed by atoms with E-state index in [2.05, 4.69) is 13.0 Å². The molecule has 0 unspecified atom stereocenters. The summed E-state index contributed by atoms with van der Waals surface area (Å²) in [5, 5.41) is 0. The van der Waals surface area contributed by atoms with E-state index in [1.807, 2.05) is 0 Å². The molecule has 92 valence electrons. The van der Waals surface area contributed by atoms with Crippen molar-refractivity contribution in [2.24, 2.45) is 17.3 Å². The average molecular weight is 232 g/mol. The quantitative estimate of drug-likeness (QED) is 0.473. The Hall–Kier alpha value is -0.790. The van der Waals surface area contributed by atoms with Crippen LogP contribution < -0.4 is 0 Å². The van der Waals surface area contributed by atoms with Crippen LogP contribution in [0.4, 0.5) is 0 Å². The van der Waals surface area contributed by atoms with Crippen LogP contribution in [0, 0.1) is 17.3 Å². The molecule has 0 aromatic carbocycles. The predicted molar refractivity (Wildman–Crippen MR) is 64.3 cm³/mol. The number of hydrogen-bond acceptors (Lipinski definition) is 2. The molecule has 17 heavy (non-hydrogen) atoms. The molecule has 1 spiro atoms. The largest absolute Gasteiger partial charge is 0.459 e. The number of carbonyl (C=O) groups excluding carboxylic acids is 1. The average Bonchev–Trinajstić information content (AvgIpc) is 2.99. The monoisotopic (exact) mass is 232 g/mol. The maximum atomic E-state index is 12.1. The van der Waals surface area contributed by atoms with Crippen LogP contribution in [0.2, 0.25) is 0 Å². The summed E-state index contributed by atoms with van der Waals surface area (Å²) >= 11 is 0. The SMILES string of the molecule is C[C@]12CC/C3=C/CCC[C@H](C(=O)O1)[C@@H]2C31CC1. The van der Waals surface area contributed by atoms with Gasteiger partial charge in [-0.2, -0.15) is 0 Å². The first-order chi connectivity index (χ1) is 8.16. The Morgan fingerprint density at radius 1 is 1.35 bits per heavy atom. The van der Waals surface area contributed by atoms with E-state index in [9.17, 15) is 4.79 Å². The van der Waals surface area contributed by atoms with E-state index in [0.29, 0.717) is 11.3 Å². The Morgan fingerprint density at radius 3 is 2.94 bits per heavy atom. The topological polar surface area (TPSA) is 26.3 Å². The van der Waals surface area contributed by atoms with Gasteiger partial charge in [0.05, 0.1) is 5.92 Å². The molecule has 1 aliphatic heterocycles. The molecular weight excluding hydrogens is 212 g/mol. The second kappa shape index (κ2) is 2.96. The molecule has 0 N–H and O–H groups in total. The van der Waals surface area contributed by atoms with Gasteiger partial charge >= 0.3 is 5.97 Å². The first-order valence-corrected chi connectivity index (χ1v) is 7.08. The van der Waals surface area contributed by atoms with Crippen LogP contribution in [0.1, 0.15) is 51.9 Å². The number of carbonyl (C=O) groups is 1. The van der Waals surface area contributed by atoms with Crippen LogP contribution in [-0.2, 0) is 9.53 Å². The summed E-state index contributed by atoms with van der Waals surface area (Å²) in [7, 11) is 0. The molecule has 0 radical (unpaired) electrons. The van der Waals surface area contributed by atoms with E-state index < -0.39 is 0 Å². The zero-order valence-corrected chi connectivity index (χ0v) is 10.5. The van der Waals surface area contributed by atoms with Gasteiger partial charge in [-0.1, -0.05) is 11.6 Å². The van der Waals surface area contributed by atoms with Crippen molar-refractivity contribution in [2.45, 2.75) is 57.5 Å². The number of rotatable bonds is 0. The predicted octanol–water partition coefficient (Wildman–Crippen LogP) is 3.22. The second-order valence-electron chi connectivity index (χ2n) is 6.63. The van der Waals surface area contributed by atoms with Gasteiger partial charge in [0.15, 0.2) is 0 Å². The van der Waals surface area contributed by atoms with Gasteiger partial charge in [-0.3, -0.25) is 4.79 Å². The molecule has 4 aliphatic rings. The molecule has 2 bridgehead atoms. The fraction of sp³-hybridized carbons (Fsp3) is 0.800. The summed E-state index contributed by atoms with van der Waals surface area (Å²) in [5.74, 6) is 0.793. The van der Waals surface area contributed by atoms with Crippen molar-refractivity contribution in [3.05, 3.63) is 11.6 Å². The molecule has 3 fully saturated rings. The lowest BCUT2D eigenvalue weighted by atomic mass is 9.60. The first kappa shape index (κ1) is 10.2. The summed E-state index contributed by atoms with van der Waals surface area (Å²) in [6.07, 6.45) is 10.7. The third-order valence-electron chi connectivity index (χ3n) is 5.72. The summed E-state index contributed by atoms with van der Waals surface area (Å²) in [4.78, 5) is 12.1. The van der Waals surface area contributed by atoms with Crippen LogP contribution in [0.5, 0.6) is 0 Å². The van der Waals surface area contributed by atoms with Crippen LogP contribution in [-0.4, -0.2) is 11.6 Å². The van der Waals surface area contributed by atoms with Gasteiger partial charge in [0.25, 0.3) is 0 Å². The Balaban J connectivity index is 1.87. The lowest BCUT2D eigenvalue weighted by Gasteiger charge is -2.44. The molecule has 2 heteroatoms. The molecule has 2 nitrogen and oxygen atoms in total. The van der Waals surface area contributed by atoms with Crippen molar-refractivity contribution in [1.82, 2.24) is 0 Å². The van der Waals surface area contributed by atoms with Crippen molar-refractivity contribution in [2.75, 3.05) is 0 Å². The molecule has 1 saturated heterocycles. The maximum absolute atomic E-state index is 12.1. The standard InChI is InChI=1S/C15H20O2/c1-14-7-6-10-4-2-3-5-11(13(16)17-14)12(14)15(10)8-9-15/h4,11-12H,2-3,5-9H2,1H3/b10-4-/t11-,12-,14+/m0/s1. The van der Waals surface area contributed by atoms with Crippen molar-refractivity contribution in [3.63, 3.8) is 0 Å². The smallest absolute Gasteiger partial charge is 0.309 e. The van der Waals surface area contributed by atoms with E-state index in [-0.39, 0.29) is 17.5 Å². The third-order valence-corrected chi connectivity index (χ3v) is 5.72. The lowest BCUT2D eigenvalue weighted by molar-refractivity contribution is -0.151. The zero-order chi connectivity index (χ0) is 11.7. The van der Waals surface area contributed by atoms with Crippen LogP contribution in [0.3, 0.4) is 0 Å². The highest BCUT2D eigenvalue weighted by Crippen LogP contribution is 2.70. The van der Waals surface area contributed by atoms with Gasteiger partial charge in [-0.15, -0.1) is 0 Å². The van der Waals surface area contributed by atoms with E-state index >= 15 is 0 Å². The van der Waals surface area contributed by atoms with Gasteiger partial charge in [0.2, 0.25) is 0 Å². The maximum Gasteiger partial charge on any atom is 0.309 e. The van der Waals surface area contributed by atoms with E-state index in [1.165, 1.54) is 19.3 Å². The van der Waals surface area contributed by atoms with E-state index in [0.717, 1.165) is 25.7 Å². The van der Waals surface area contributed by atoms with Crippen LogP contribution in [0.25, 0.3) is 0 Å². The summed E-state index contributed by atoms with van der Waals surface area (Å²) in [6, 6.07) is 0. The van der Waals surface area contributed by atoms with Crippen molar-refractivity contribution in [1.29, 1.82) is 0 Å². The highest BCUT2D eigenvalue weighted by atomic mass is 16.6. The Bertz CT molecular complexity index is 419. The van der Waals surface area contributed by atoms with Crippen molar-refractivity contribution < 1.29 is 9.53 Å². The van der Waals surface area contributed by atoms with Gasteiger partial charge in [0.1, 0.15) is 5.60 Å². The minimum Gasteiger partial charge on any atom is -0.459 e. The lowest BCUT2D eigenvalue weighted by Crippen LogP contribution is -2.44. The highest BCUT2D eigenvalue weighted by Gasteiger charge is 2.68. The van der Waals surface area contributed by atoms with Crippen molar-refractivity contribution in [3.8, 4) is 0 Å². The summed E-state index contributed by atoms with van der Waals surface area (Å²) in [5.41, 5.74) is 1.90. The molecule has 3 atom stereocenters. The molecule has 4 rings (SSSR count). The molecular formula is C15H20O2. The normalized spacial score (nSPS) is 49.0. The fourth-order valence-corrected chi connectivity index (χ4v) is 4.91. The molecule has 0 aromatic heterocycles. The molecule has 1 heterocycles. The van der Waals surface area contributed by atoms with Gasteiger partial charge in [-0.05, 0) is 57.3 Å². The second-order valence-corrected chi connectivity index (χ2v) is 6.63. The first-order valence-electron chi connectivity index (χ1n) is 7.08. The summed E-state index contributed by atoms with van der Waals surface area (Å²) in [6.45, 7) is 2.19. The van der Waals surface area contributed by atoms with E-state index in [1.54, 1.807) is 5.57 Å². The molecule has 3 aliphatic carbocycles. The van der Waals surface area contributed by atoms with E-state index in [4.69, 9.17) is 4.74 Å². The number of allylic oxidation sites excluding steroid dienone is 2. The number of hydrogen-bond donors (Lipinski definition) is 0. The van der Waals surface area contributed by atoms with Gasteiger partial charge < -0.3 is 4.74 Å². The number of ether oxygens (including phenoxy) is 1.